The highest BCUT2D eigenvalue weighted by Crippen LogP contribution is 2.21. The Balaban J connectivity index is 1.65. The molecule has 0 aliphatic carbocycles. The van der Waals surface area contributed by atoms with Crippen molar-refractivity contribution in [2.24, 2.45) is 0 Å². The van der Waals surface area contributed by atoms with Crippen LogP contribution in [0.15, 0.2) is 53.1 Å². The van der Waals surface area contributed by atoms with Gasteiger partial charge in [0, 0.05) is 4.88 Å². The van der Waals surface area contributed by atoms with Gasteiger partial charge in [0.25, 0.3) is 5.91 Å². The fourth-order valence-electron chi connectivity index (χ4n) is 2.06. The lowest BCUT2D eigenvalue weighted by atomic mass is 10.2. The third kappa shape index (κ3) is 3.55. The maximum atomic E-state index is 13.0. The van der Waals surface area contributed by atoms with E-state index in [0.717, 1.165) is 10.9 Å². The molecular weight excluding hydrogens is 353 g/mol. The number of hydrogen-bond acceptors (Lipinski definition) is 4. The number of carbonyl (C=O) groups is 2. The number of furan rings is 1. The van der Waals surface area contributed by atoms with Gasteiger partial charge in [-0.25, -0.2) is 4.39 Å². The van der Waals surface area contributed by atoms with Gasteiger partial charge in [0.05, 0.1) is 28.3 Å². The predicted molar refractivity (Wildman–Crippen MR) is 89.0 cm³/mol. The summed E-state index contributed by atoms with van der Waals surface area (Å²) in [7, 11) is 0. The Bertz CT molecular complexity index is 889. The average Bonchev–Trinajstić information content (AvgIpc) is 3.24. The zero-order chi connectivity index (χ0) is 17.1. The second-order valence-electron chi connectivity index (χ2n) is 4.88. The molecule has 1 N–H and O–H groups in total. The highest BCUT2D eigenvalue weighted by Gasteiger charge is 2.15. The number of amides is 1. The van der Waals surface area contributed by atoms with E-state index < -0.39 is 11.7 Å². The van der Waals surface area contributed by atoms with Crippen molar-refractivity contribution < 1.29 is 18.4 Å². The van der Waals surface area contributed by atoms with Gasteiger partial charge in [0.1, 0.15) is 5.82 Å². The third-order valence-corrected chi connectivity index (χ3v) is 4.63. The van der Waals surface area contributed by atoms with E-state index in [1.165, 1.54) is 29.7 Å². The maximum Gasteiger partial charge on any atom is 0.253 e. The minimum atomic E-state index is -0.504. The molecule has 0 radical (unpaired) electrons. The van der Waals surface area contributed by atoms with E-state index >= 15 is 0 Å². The summed E-state index contributed by atoms with van der Waals surface area (Å²) in [6.45, 7) is 0.239. The Morgan fingerprint density at radius 3 is 2.75 bits per heavy atom. The summed E-state index contributed by atoms with van der Waals surface area (Å²) < 4.78 is 18.1. The fourth-order valence-corrected chi connectivity index (χ4v) is 3.21. The van der Waals surface area contributed by atoms with Crippen molar-refractivity contribution in [3.8, 4) is 0 Å². The summed E-state index contributed by atoms with van der Waals surface area (Å²) in [5.41, 5.74) is 0.196. The van der Waals surface area contributed by atoms with Crippen LogP contribution in [0.5, 0.6) is 0 Å². The predicted octanol–water partition coefficient (Wildman–Crippen LogP) is 4.29. The van der Waals surface area contributed by atoms with Gasteiger partial charge in [-0.3, -0.25) is 9.59 Å². The minimum absolute atomic E-state index is 0.0485. The Morgan fingerprint density at radius 2 is 2.04 bits per heavy atom. The summed E-state index contributed by atoms with van der Waals surface area (Å²) in [4.78, 5) is 25.5. The molecule has 3 rings (SSSR count). The van der Waals surface area contributed by atoms with Crippen molar-refractivity contribution in [1.29, 1.82) is 0 Å². The molecule has 7 heteroatoms. The maximum absolute atomic E-state index is 13.0. The molecule has 0 aliphatic heterocycles. The van der Waals surface area contributed by atoms with E-state index in [0.29, 0.717) is 4.88 Å². The zero-order valence-corrected chi connectivity index (χ0v) is 13.8. The van der Waals surface area contributed by atoms with Gasteiger partial charge in [0.2, 0.25) is 5.78 Å². The number of ketones is 1. The lowest BCUT2D eigenvalue weighted by molar-refractivity contribution is 0.0950. The largest absolute Gasteiger partial charge is 0.461 e. The van der Waals surface area contributed by atoms with E-state index in [4.69, 9.17) is 16.0 Å². The van der Waals surface area contributed by atoms with Gasteiger partial charge >= 0.3 is 0 Å². The molecular formula is C17H11ClFNO3S. The van der Waals surface area contributed by atoms with Crippen LogP contribution in [0.4, 0.5) is 4.39 Å². The SMILES string of the molecule is O=C(c1ccco1)c1ccc(CNC(=O)c2ccc(F)cc2Cl)s1. The van der Waals surface area contributed by atoms with Crippen LogP contribution < -0.4 is 5.32 Å². The van der Waals surface area contributed by atoms with Crippen molar-refractivity contribution in [3.05, 3.63) is 80.6 Å². The summed E-state index contributed by atoms with van der Waals surface area (Å²) >= 11 is 7.12. The smallest absolute Gasteiger partial charge is 0.253 e. The summed E-state index contributed by atoms with van der Waals surface area (Å²) in [5.74, 6) is -0.849. The quantitative estimate of drug-likeness (QED) is 0.688. The molecule has 0 saturated heterocycles. The molecule has 24 heavy (non-hydrogen) atoms. The zero-order valence-electron chi connectivity index (χ0n) is 12.2. The van der Waals surface area contributed by atoms with Crippen LogP contribution in [0.2, 0.25) is 5.02 Å². The number of halogens is 2. The van der Waals surface area contributed by atoms with Crippen molar-refractivity contribution >= 4 is 34.6 Å². The number of thiophene rings is 1. The van der Waals surface area contributed by atoms with Gasteiger partial charge in [-0.05, 0) is 42.5 Å². The van der Waals surface area contributed by atoms with Crippen LogP contribution in [0.3, 0.4) is 0 Å². The fraction of sp³-hybridized carbons (Fsp3) is 0.0588. The van der Waals surface area contributed by atoms with Crippen LogP contribution in [0.25, 0.3) is 0 Å². The first-order chi connectivity index (χ1) is 11.5. The molecule has 122 valence electrons. The van der Waals surface area contributed by atoms with Crippen LogP contribution in [0.1, 0.15) is 30.7 Å². The van der Waals surface area contributed by atoms with Crippen LogP contribution >= 0.6 is 22.9 Å². The van der Waals surface area contributed by atoms with Crippen molar-refractivity contribution in [2.75, 3.05) is 0 Å². The van der Waals surface area contributed by atoms with Gasteiger partial charge in [-0.1, -0.05) is 11.6 Å². The van der Waals surface area contributed by atoms with Crippen molar-refractivity contribution in [3.63, 3.8) is 0 Å². The lowest BCUT2D eigenvalue weighted by Gasteiger charge is -2.05. The molecule has 1 amide bonds. The third-order valence-electron chi connectivity index (χ3n) is 3.23. The first-order valence-corrected chi connectivity index (χ1v) is 8.14. The number of hydrogen-bond donors (Lipinski definition) is 1. The second-order valence-corrected chi connectivity index (χ2v) is 6.45. The van der Waals surface area contributed by atoms with Gasteiger partial charge in [-0.2, -0.15) is 0 Å². The molecule has 0 unspecified atom stereocenters. The molecule has 0 bridgehead atoms. The standard InChI is InChI=1S/C17H11ClFNO3S/c18-13-8-10(19)3-5-12(13)17(22)20-9-11-4-6-15(24-11)16(21)14-2-1-7-23-14/h1-8H,9H2,(H,20,22). The number of nitrogens with one attached hydrogen (secondary N) is 1. The number of rotatable bonds is 5. The van der Waals surface area contributed by atoms with Crippen molar-refractivity contribution in [2.45, 2.75) is 6.54 Å². The number of carbonyl (C=O) groups excluding carboxylic acids is 2. The highest BCUT2D eigenvalue weighted by atomic mass is 35.5. The molecule has 3 aromatic rings. The van der Waals surface area contributed by atoms with E-state index in [9.17, 15) is 14.0 Å². The van der Waals surface area contributed by atoms with E-state index in [-0.39, 0.29) is 28.7 Å². The van der Waals surface area contributed by atoms with E-state index in [2.05, 4.69) is 5.32 Å². The lowest BCUT2D eigenvalue weighted by Crippen LogP contribution is -2.22. The van der Waals surface area contributed by atoms with Crippen LogP contribution in [0, 0.1) is 5.82 Å². The van der Waals surface area contributed by atoms with E-state index in [1.807, 2.05) is 0 Å². The molecule has 0 atom stereocenters. The highest BCUT2D eigenvalue weighted by molar-refractivity contribution is 7.14. The summed E-state index contributed by atoms with van der Waals surface area (Å²) in [6, 6.07) is 10.3. The Hall–Kier alpha value is -2.44. The normalized spacial score (nSPS) is 10.6. The molecule has 2 aromatic heterocycles. The summed E-state index contributed by atoms with van der Waals surface area (Å²) in [6.07, 6.45) is 1.44. The van der Waals surface area contributed by atoms with Gasteiger partial charge < -0.3 is 9.73 Å². The molecule has 0 aliphatic rings. The topological polar surface area (TPSA) is 59.3 Å². The molecule has 0 saturated carbocycles. The monoisotopic (exact) mass is 363 g/mol. The summed E-state index contributed by atoms with van der Waals surface area (Å²) in [5, 5.41) is 2.74. The molecule has 2 heterocycles. The Kier molecular flexibility index (Phi) is 4.78. The van der Waals surface area contributed by atoms with Crippen molar-refractivity contribution in [1.82, 2.24) is 5.32 Å². The van der Waals surface area contributed by atoms with Gasteiger partial charge in [0.15, 0.2) is 5.76 Å². The molecule has 1 aromatic carbocycles. The minimum Gasteiger partial charge on any atom is -0.461 e. The molecule has 0 spiro atoms. The molecule has 0 fully saturated rings. The first-order valence-electron chi connectivity index (χ1n) is 6.95. The van der Waals surface area contributed by atoms with E-state index in [1.54, 1.807) is 24.3 Å². The first kappa shape index (κ1) is 16.4. The van der Waals surface area contributed by atoms with Crippen LogP contribution in [-0.2, 0) is 6.54 Å². The van der Waals surface area contributed by atoms with Crippen LogP contribution in [-0.4, -0.2) is 11.7 Å². The number of benzene rings is 1. The average molecular weight is 364 g/mol. The second kappa shape index (κ2) is 6.98. The molecule has 4 nitrogen and oxygen atoms in total. The van der Waals surface area contributed by atoms with Gasteiger partial charge in [-0.15, -0.1) is 11.3 Å². The Labute approximate surface area is 145 Å². The Morgan fingerprint density at radius 1 is 1.21 bits per heavy atom.